The van der Waals surface area contributed by atoms with Gasteiger partial charge < -0.3 is 150 Å². The van der Waals surface area contributed by atoms with E-state index in [4.69, 9.17) is 47.4 Å². The first-order chi connectivity index (χ1) is 53.3. The lowest BCUT2D eigenvalue weighted by Gasteiger charge is -2.52. The molecule has 5 rings (SSSR count). The molecule has 33 heteroatoms. The molecule has 0 radical (unpaired) electrons. The summed E-state index contributed by atoms with van der Waals surface area (Å²) in [7, 11) is 0. The number of nitrogens with one attached hydrogen (secondary N) is 2. The summed E-state index contributed by atoms with van der Waals surface area (Å²) < 4.78 is 60.5. The number of hydrogen-bond donors (Lipinski definition) is 19. The van der Waals surface area contributed by atoms with Gasteiger partial charge >= 0.3 is 5.97 Å². The van der Waals surface area contributed by atoms with Crippen molar-refractivity contribution in [3.63, 3.8) is 0 Å². The summed E-state index contributed by atoms with van der Waals surface area (Å²) in [5.74, 6) is -9.02. The van der Waals surface area contributed by atoms with E-state index in [2.05, 4.69) is 24.5 Å². The lowest BCUT2D eigenvalue weighted by atomic mass is 9.86. The van der Waals surface area contributed by atoms with Crippen LogP contribution in [0.5, 0.6) is 0 Å². The average Bonchev–Trinajstić information content (AvgIpc) is 0.748. The first-order valence-corrected chi connectivity index (χ1v) is 41.6. The lowest BCUT2D eigenvalue weighted by Crippen LogP contribution is -2.71. The van der Waals surface area contributed by atoms with Gasteiger partial charge in [0.05, 0.1) is 70.0 Å². The molecule has 5 fully saturated rings. The summed E-state index contributed by atoms with van der Waals surface area (Å²) in [4.78, 5) is 53.2. The van der Waals surface area contributed by atoms with Crippen molar-refractivity contribution in [3.8, 4) is 0 Å². The molecule has 5 aliphatic rings. The summed E-state index contributed by atoms with van der Waals surface area (Å²) in [6.07, 6.45) is -12.8. The quantitative estimate of drug-likeness (QED) is 0.0386. The molecule has 0 bridgehead atoms. The van der Waals surface area contributed by atoms with Crippen LogP contribution in [0.4, 0.5) is 0 Å². The number of aliphatic hydroxyl groups is 16. The molecule has 0 aromatic carbocycles. The second-order valence-corrected chi connectivity index (χ2v) is 31.4. The zero-order valence-electron chi connectivity index (χ0n) is 66.1. The smallest absolute Gasteiger partial charge is 0.364 e. The summed E-state index contributed by atoms with van der Waals surface area (Å²) in [5, 5.41) is 195. The second-order valence-electron chi connectivity index (χ2n) is 31.4. The summed E-state index contributed by atoms with van der Waals surface area (Å²) in [6, 6.07) is -2.80. The number of Topliss-reactive ketones (excluding diaryl/α,β-unsaturated/α-hetero) is 1. The molecule has 650 valence electrons. The molecule has 5 saturated heterocycles. The Morgan fingerprint density at radius 3 is 1.36 bits per heavy atom. The molecule has 19 N–H and O–H groups in total. The first-order valence-electron chi connectivity index (χ1n) is 41.6. The van der Waals surface area contributed by atoms with E-state index in [1.165, 1.54) is 135 Å². The molecule has 0 aromatic rings. The number of carbonyl (C=O) groups excluding carboxylic acids is 3. The van der Waals surface area contributed by atoms with Crippen molar-refractivity contribution in [2.75, 3.05) is 39.6 Å². The zero-order valence-corrected chi connectivity index (χ0v) is 66.1. The normalized spacial score (nSPS) is 33.7. The van der Waals surface area contributed by atoms with Crippen molar-refractivity contribution in [2.24, 2.45) is 5.92 Å². The van der Waals surface area contributed by atoms with Crippen molar-refractivity contribution in [1.82, 2.24) is 10.6 Å². The van der Waals surface area contributed by atoms with Crippen LogP contribution in [0, 0.1) is 5.92 Å². The molecule has 0 aliphatic carbocycles. The van der Waals surface area contributed by atoms with E-state index in [-0.39, 0.29) is 18.7 Å². The van der Waals surface area contributed by atoms with Gasteiger partial charge in [-0.3, -0.25) is 9.59 Å². The highest BCUT2D eigenvalue weighted by Gasteiger charge is 2.62. The predicted octanol–water partition coefficient (Wildman–Crippen LogP) is 1.83. The highest BCUT2D eigenvalue weighted by Crippen LogP contribution is 2.43. The third kappa shape index (κ3) is 31.7. The number of carboxylic acids is 1. The van der Waals surface area contributed by atoms with Crippen LogP contribution in [0.2, 0.25) is 0 Å². The fourth-order valence-corrected chi connectivity index (χ4v) is 15.6. The Morgan fingerprint density at radius 2 is 0.883 bits per heavy atom. The fraction of sp³-hybridized carbons (Fsp3) is 0.949. The number of aliphatic carboxylic acids is 1. The monoisotopic (exact) mass is 1600 g/mol. The molecule has 2 amide bonds. The number of ether oxygens (including phenoxy) is 10. The van der Waals surface area contributed by atoms with Crippen LogP contribution in [0.25, 0.3) is 0 Å². The highest BCUT2D eigenvalue weighted by molar-refractivity contribution is 5.77. The maximum absolute atomic E-state index is 13.9. The Labute approximate surface area is 654 Å². The molecule has 5 aliphatic heterocycles. The van der Waals surface area contributed by atoms with Crippen molar-refractivity contribution in [1.29, 1.82) is 0 Å². The van der Waals surface area contributed by atoms with Gasteiger partial charge in [-0.25, -0.2) is 4.79 Å². The van der Waals surface area contributed by atoms with Crippen LogP contribution in [-0.4, -0.2) is 315 Å². The van der Waals surface area contributed by atoms with Crippen molar-refractivity contribution in [2.45, 2.75) is 424 Å². The van der Waals surface area contributed by atoms with Crippen molar-refractivity contribution in [3.05, 3.63) is 0 Å². The van der Waals surface area contributed by atoms with Crippen molar-refractivity contribution >= 4 is 23.6 Å². The van der Waals surface area contributed by atoms with Crippen LogP contribution in [0.1, 0.15) is 259 Å². The van der Waals surface area contributed by atoms with E-state index >= 15 is 0 Å². The van der Waals surface area contributed by atoms with Gasteiger partial charge in [0.15, 0.2) is 25.2 Å². The number of aliphatic hydroxyl groups excluding tert-OH is 16. The van der Waals surface area contributed by atoms with Crippen LogP contribution in [-0.2, 0) is 66.5 Å². The molecule has 0 spiro atoms. The fourth-order valence-electron chi connectivity index (χ4n) is 15.6. The predicted molar refractivity (Wildman–Crippen MR) is 398 cm³/mol. The summed E-state index contributed by atoms with van der Waals surface area (Å²) in [5.41, 5.74) is 0. The number of ketones is 1. The molecule has 0 saturated carbocycles. The zero-order chi connectivity index (χ0) is 81.6. The molecule has 28 atom stereocenters. The maximum atomic E-state index is 13.9. The SMILES string of the molecule is CCCCCCCCCCCCCCCCCCCCCC(=O)NC(COC1OC(CO)C(OC2OC(CO)C(OC3OC(CO)C(O)C(OC4OC(CO)C(O)C(O)C4O)C3CC(C)=O)C(OC3(C(=O)O)CC(O)C(NC(C)=O)C(C(O)C(O)CO)O3)C2O)C(O)C1O)C(O)CCCCCCCCCCCCCCC. The molecule has 0 aromatic heterocycles. The van der Waals surface area contributed by atoms with E-state index in [1.807, 2.05) is 0 Å². The van der Waals surface area contributed by atoms with Gasteiger partial charge in [0.2, 0.25) is 11.8 Å². The molecule has 5 heterocycles. The number of carbonyl (C=O) groups is 4. The molecule has 111 heavy (non-hydrogen) atoms. The Balaban J connectivity index is 1.35. The van der Waals surface area contributed by atoms with E-state index in [0.29, 0.717) is 12.8 Å². The van der Waals surface area contributed by atoms with Gasteiger partial charge in [0.1, 0.15) is 110 Å². The topological polar surface area (TPSA) is 529 Å². The minimum absolute atomic E-state index is 0.162. The number of amides is 2. The minimum Gasteiger partial charge on any atom is -0.477 e. The molecule has 28 unspecified atom stereocenters. The van der Waals surface area contributed by atoms with Gasteiger partial charge in [-0.15, -0.1) is 0 Å². The summed E-state index contributed by atoms with van der Waals surface area (Å²) in [6.45, 7) is 0.629. The average molecular weight is 1600 g/mol. The number of unbranched alkanes of at least 4 members (excludes halogenated alkanes) is 30. The van der Waals surface area contributed by atoms with Gasteiger partial charge in [0.25, 0.3) is 5.79 Å². The minimum atomic E-state index is -3.36. The Kier molecular flexibility index (Phi) is 47.5. The van der Waals surface area contributed by atoms with Gasteiger partial charge in [-0.2, -0.15) is 0 Å². The largest absolute Gasteiger partial charge is 0.477 e. The molecular weight excluding hydrogens is 1460 g/mol. The Bertz CT molecular complexity index is 2520. The van der Waals surface area contributed by atoms with Crippen LogP contribution < -0.4 is 10.6 Å². The number of carboxylic acid groups (broad SMARTS) is 1. The third-order valence-electron chi connectivity index (χ3n) is 22.2. The van der Waals surface area contributed by atoms with E-state index in [9.17, 15) is 106 Å². The third-order valence-corrected chi connectivity index (χ3v) is 22.2. The Morgan fingerprint density at radius 1 is 0.459 bits per heavy atom. The Hall–Kier alpha value is -2.96. The highest BCUT2D eigenvalue weighted by atomic mass is 16.8. The van der Waals surface area contributed by atoms with Gasteiger partial charge in [-0.05, 0) is 19.8 Å². The van der Waals surface area contributed by atoms with Crippen LogP contribution >= 0.6 is 0 Å². The maximum Gasteiger partial charge on any atom is 0.364 e. The van der Waals surface area contributed by atoms with E-state index in [0.717, 1.165) is 71.6 Å². The first kappa shape index (κ1) is 98.6. The number of rotatable bonds is 58. The molecular formula is C78H142N2O31. The van der Waals surface area contributed by atoms with E-state index < -0.39 is 241 Å². The summed E-state index contributed by atoms with van der Waals surface area (Å²) >= 11 is 0. The standard InChI is InChI=1S/C78H142N2O31/c1-5-7-9-11-13-15-17-19-20-21-22-23-24-26-28-30-32-34-36-38-58(91)80-50(51(88)37-35-33-31-29-27-25-18-16-14-12-10-8-6-2)46-102-74-66(98)64(96)69(56(44-84)105-74)108-76-67(99)72(111-78(77(100)101)40-52(89)59(79-48(4)87)71(110-78)60(92)53(90)41-81)70(57(45-85)106-76)109-73-49(39-47(3)86)68(62(94)55(43-83)103-73)107-75-65(97)63(95)61(93)54(42-82)104-75/h49-57,59-76,81-85,88-90,92-99H,5-46H2,1-4H3,(H,79,87)(H,80,91)(H,100,101). The van der Waals surface area contributed by atoms with Gasteiger partial charge in [0, 0.05) is 32.1 Å². The van der Waals surface area contributed by atoms with Crippen molar-refractivity contribution < 1.29 is 153 Å². The molecule has 33 nitrogen and oxygen atoms in total. The number of hydrogen-bond acceptors (Lipinski definition) is 30. The van der Waals surface area contributed by atoms with Crippen LogP contribution in [0.15, 0.2) is 0 Å². The van der Waals surface area contributed by atoms with Crippen LogP contribution in [0.3, 0.4) is 0 Å². The van der Waals surface area contributed by atoms with Gasteiger partial charge in [-0.1, -0.05) is 213 Å². The second kappa shape index (κ2) is 53.5. The van der Waals surface area contributed by atoms with E-state index in [1.54, 1.807) is 0 Å². The lowest BCUT2D eigenvalue weighted by molar-refractivity contribution is -0.406.